The van der Waals surface area contributed by atoms with Crippen LogP contribution in [-0.4, -0.2) is 74.3 Å². The Morgan fingerprint density at radius 1 is 1.32 bits per heavy atom. The van der Waals surface area contributed by atoms with E-state index in [0.717, 1.165) is 52.5 Å². The van der Waals surface area contributed by atoms with Gasteiger partial charge in [0.1, 0.15) is 0 Å². The van der Waals surface area contributed by atoms with Gasteiger partial charge in [-0.25, -0.2) is 0 Å². The van der Waals surface area contributed by atoms with Crippen molar-refractivity contribution in [3.05, 3.63) is 0 Å². The Kier molecular flexibility index (Phi) is 6.98. The molecular formula is C13H25N3O2S. The highest BCUT2D eigenvalue weighted by Crippen LogP contribution is 2.19. The maximum absolute atomic E-state index is 11.7. The predicted molar refractivity (Wildman–Crippen MR) is 78.6 cm³/mol. The van der Waals surface area contributed by atoms with Crippen LogP contribution in [-0.2, 0) is 9.53 Å². The summed E-state index contributed by atoms with van der Waals surface area (Å²) in [6.07, 6.45) is 2.37. The molecule has 2 aliphatic heterocycles. The summed E-state index contributed by atoms with van der Waals surface area (Å²) in [5.74, 6) is 0.783. The zero-order valence-corrected chi connectivity index (χ0v) is 12.3. The molecule has 1 amide bonds. The smallest absolute Gasteiger partial charge is 0.230 e. The van der Waals surface area contributed by atoms with Gasteiger partial charge in [-0.3, -0.25) is 9.69 Å². The molecule has 0 radical (unpaired) electrons. The van der Waals surface area contributed by atoms with Crippen molar-refractivity contribution in [2.45, 2.75) is 18.1 Å². The van der Waals surface area contributed by atoms with E-state index in [1.807, 2.05) is 0 Å². The Morgan fingerprint density at radius 3 is 2.79 bits per heavy atom. The monoisotopic (exact) mass is 287 g/mol. The number of hydrogen-bond donors (Lipinski definition) is 2. The highest BCUT2D eigenvalue weighted by molar-refractivity contribution is 8.00. The minimum atomic E-state index is 0.178. The second kappa shape index (κ2) is 8.79. The first-order valence-corrected chi connectivity index (χ1v) is 8.28. The number of carbonyl (C=O) groups excluding carboxylic acids is 1. The van der Waals surface area contributed by atoms with E-state index in [2.05, 4.69) is 15.5 Å². The van der Waals surface area contributed by atoms with Gasteiger partial charge in [0.05, 0.1) is 19.0 Å². The predicted octanol–water partition coefficient (Wildman–Crippen LogP) is -0.0800. The van der Waals surface area contributed by atoms with Crippen LogP contribution in [0.2, 0.25) is 0 Å². The number of rotatable bonds is 6. The maximum Gasteiger partial charge on any atom is 0.230 e. The van der Waals surface area contributed by atoms with Gasteiger partial charge >= 0.3 is 0 Å². The standard InChI is InChI=1S/C13H25N3O2S/c17-13(11-19-12-1-3-14-4-2-12)15-5-6-16-7-9-18-10-8-16/h12,14H,1-11H2,(H,15,17). The molecule has 0 aromatic carbocycles. The molecule has 0 aromatic rings. The van der Waals surface area contributed by atoms with Crippen LogP contribution in [0.3, 0.4) is 0 Å². The molecule has 5 nitrogen and oxygen atoms in total. The molecule has 19 heavy (non-hydrogen) atoms. The molecule has 0 bridgehead atoms. The van der Waals surface area contributed by atoms with E-state index in [1.165, 1.54) is 12.8 Å². The summed E-state index contributed by atoms with van der Waals surface area (Å²) < 4.78 is 5.30. The number of morpholine rings is 1. The molecule has 0 saturated carbocycles. The minimum Gasteiger partial charge on any atom is -0.379 e. The summed E-state index contributed by atoms with van der Waals surface area (Å²) >= 11 is 1.81. The average molecular weight is 287 g/mol. The highest BCUT2D eigenvalue weighted by Gasteiger charge is 2.15. The molecule has 0 aromatic heterocycles. The zero-order chi connectivity index (χ0) is 13.3. The molecule has 2 saturated heterocycles. The van der Waals surface area contributed by atoms with Gasteiger partial charge in [-0.1, -0.05) is 0 Å². The van der Waals surface area contributed by atoms with Crippen molar-refractivity contribution in [1.29, 1.82) is 0 Å². The molecule has 2 heterocycles. The Morgan fingerprint density at radius 2 is 2.05 bits per heavy atom. The van der Waals surface area contributed by atoms with Crippen LogP contribution in [0.25, 0.3) is 0 Å². The van der Waals surface area contributed by atoms with E-state index in [9.17, 15) is 4.79 Å². The first-order valence-electron chi connectivity index (χ1n) is 7.24. The lowest BCUT2D eigenvalue weighted by Gasteiger charge is -2.26. The molecule has 0 atom stereocenters. The highest BCUT2D eigenvalue weighted by atomic mass is 32.2. The van der Waals surface area contributed by atoms with Crippen LogP contribution in [0.1, 0.15) is 12.8 Å². The van der Waals surface area contributed by atoms with Crippen molar-refractivity contribution in [3.63, 3.8) is 0 Å². The Balaban J connectivity index is 1.49. The Labute approximate surface area is 119 Å². The molecule has 2 rings (SSSR count). The van der Waals surface area contributed by atoms with Gasteiger partial charge in [-0.15, -0.1) is 11.8 Å². The Bertz CT molecular complexity index is 267. The van der Waals surface area contributed by atoms with Gasteiger partial charge in [0.2, 0.25) is 5.91 Å². The second-order valence-corrected chi connectivity index (χ2v) is 6.35. The SMILES string of the molecule is O=C(CSC1CCNCC1)NCCN1CCOCC1. The quantitative estimate of drug-likeness (QED) is 0.716. The fourth-order valence-corrected chi connectivity index (χ4v) is 3.44. The summed E-state index contributed by atoms with van der Waals surface area (Å²) in [5, 5.41) is 7.01. The van der Waals surface area contributed by atoms with E-state index >= 15 is 0 Å². The zero-order valence-electron chi connectivity index (χ0n) is 11.5. The van der Waals surface area contributed by atoms with Gasteiger partial charge in [0.25, 0.3) is 0 Å². The van der Waals surface area contributed by atoms with E-state index in [0.29, 0.717) is 11.0 Å². The Hall–Kier alpha value is -0.300. The number of hydrogen-bond acceptors (Lipinski definition) is 5. The fourth-order valence-electron chi connectivity index (χ4n) is 2.38. The molecule has 2 aliphatic rings. The number of carbonyl (C=O) groups is 1. The van der Waals surface area contributed by atoms with E-state index in [1.54, 1.807) is 11.8 Å². The van der Waals surface area contributed by atoms with Crippen LogP contribution >= 0.6 is 11.8 Å². The first kappa shape index (κ1) is 15.1. The lowest BCUT2D eigenvalue weighted by Crippen LogP contribution is -2.41. The van der Waals surface area contributed by atoms with Crippen molar-refractivity contribution >= 4 is 17.7 Å². The normalized spacial score (nSPS) is 22.3. The third-order valence-electron chi connectivity index (χ3n) is 3.59. The van der Waals surface area contributed by atoms with Crippen LogP contribution < -0.4 is 10.6 Å². The molecule has 0 unspecified atom stereocenters. The molecule has 2 fully saturated rings. The number of piperidine rings is 1. The molecule has 0 spiro atoms. The van der Waals surface area contributed by atoms with Gasteiger partial charge in [0, 0.05) is 31.4 Å². The molecule has 110 valence electrons. The van der Waals surface area contributed by atoms with E-state index in [-0.39, 0.29) is 5.91 Å². The third kappa shape index (κ3) is 6.12. The first-order chi connectivity index (χ1) is 9.34. The van der Waals surface area contributed by atoms with Crippen molar-refractivity contribution in [3.8, 4) is 0 Å². The van der Waals surface area contributed by atoms with Crippen LogP contribution in [0.4, 0.5) is 0 Å². The summed E-state index contributed by atoms with van der Waals surface area (Å²) in [6.45, 7) is 7.49. The summed E-state index contributed by atoms with van der Waals surface area (Å²) in [7, 11) is 0. The number of ether oxygens (including phenoxy) is 1. The summed E-state index contributed by atoms with van der Waals surface area (Å²) in [4.78, 5) is 14.1. The van der Waals surface area contributed by atoms with Gasteiger partial charge in [-0.05, 0) is 25.9 Å². The van der Waals surface area contributed by atoms with E-state index < -0.39 is 0 Å². The number of nitrogens with one attached hydrogen (secondary N) is 2. The lowest BCUT2D eigenvalue weighted by atomic mass is 10.2. The van der Waals surface area contributed by atoms with Crippen LogP contribution in [0.5, 0.6) is 0 Å². The third-order valence-corrected chi connectivity index (χ3v) is 4.96. The molecular weight excluding hydrogens is 262 g/mol. The van der Waals surface area contributed by atoms with Crippen molar-refractivity contribution in [2.75, 3.05) is 58.2 Å². The van der Waals surface area contributed by atoms with Crippen molar-refractivity contribution in [1.82, 2.24) is 15.5 Å². The van der Waals surface area contributed by atoms with Crippen molar-refractivity contribution < 1.29 is 9.53 Å². The minimum absolute atomic E-state index is 0.178. The summed E-state index contributed by atoms with van der Waals surface area (Å²) in [5.41, 5.74) is 0. The number of nitrogens with zero attached hydrogens (tertiary/aromatic N) is 1. The van der Waals surface area contributed by atoms with Gasteiger partial charge in [-0.2, -0.15) is 0 Å². The molecule has 2 N–H and O–H groups in total. The van der Waals surface area contributed by atoms with Crippen molar-refractivity contribution in [2.24, 2.45) is 0 Å². The molecule has 0 aliphatic carbocycles. The van der Waals surface area contributed by atoms with Gasteiger partial charge < -0.3 is 15.4 Å². The fraction of sp³-hybridized carbons (Fsp3) is 0.923. The van der Waals surface area contributed by atoms with Crippen LogP contribution in [0, 0.1) is 0 Å². The number of thioether (sulfide) groups is 1. The lowest BCUT2D eigenvalue weighted by molar-refractivity contribution is -0.118. The largest absolute Gasteiger partial charge is 0.379 e. The summed E-state index contributed by atoms with van der Waals surface area (Å²) in [6, 6.07) is 0. The molecule has 6 heteroatoms. The average Bonchev–Trinajstić information content (AvgIpc) is 2.47. The van der Waals surface area contributed by atoms with Gasteiger partial charge in [0.15, 0.2) is 0 Å². The topological polar surface area (TPSA) is 53.6 Å². The number of amides is 1. The van der Waals surface area contributed by atoms with E-state index in [4.69, 9.17) is 4.74 Å². The maximum atomic E-state index is 11.7. The van der Waals surface area contributed by atoms with Crippen LogP contribution in [0.15, 0.2) is 0 Å². The second-order valence-electron chi connectivity index (χ2n) is 5.06.